The topological polar surface area (TPSA) is 65.1 Å². The molecule has 5 rings (SSSR count). The summed E-state index contributed by atoms with van der Waals surface area (Å²) in [5.74, 6) is 0.716. The van der Waals surface area contributed by atoms with Gasteiger partial charge in [0.2, 0.25) is 0 Å². The zero-order valence-electron chi connectivity index (χ0n) is 13.2. The van der Waals surface area contributed by atoms with Crippen molar-refractivity contribution in [3.8, 4) is 11.5 Å². The maximum absolute atomic E-state index is 12.7. The summed E-state index contributed by atoms with van der Waals surface area (Å²) in [7, 11) is 3.02. The van der Waals surface area contributed by atoms with E-state index in [9.17, 15) is 9.59 Å². The molecule has 2 atom stereocenters. The monoisotopic (exact) mass is 317 g/mol. The van der Waals surface area contributed by atoms with Crippen LogP contribution >= 0.6 is 0 Å². The second kappa shape index (κ2) is 5.23. The molecule has 0 unspecified atom stereocenters. The summed E-state index contributed by atoms with van der Waals surface area (Å²) in [5.41, 5.74) is 1.10. The Morgan fingerprint density at radius 2 is 1.87 bits per heavy atom. The Kier molecular flexibility index (Phi) is 3.30. The first-order chi connectivity index (χ1) is 11.2. The van der Waals surface area contributed by atoms with Crippen molar-refractivity contribution in [3.63, 3.8) is 0 Å². The highest BCUT2D eigenvalue weighted by Gasteiger charge is 2.50. The number of fused-ring (bicyclic) bond motifs is 4. The van der Waals surface area contributed by atoms with Crippen molar-refractivity contribution >= 4 is 11.8 Å². The van der Waals surface area contributed by atoms with Gasteiger partial charge in [-0.1, -0.05) is 6.07 Å². The Balaban J connectivity index is 1.78. The first-order valence-corrected chi connectivity index (χ1v) is 7.89. The summed E-state index contributed by atoms with van der Waals surface area (Å²) in [5, 5.41) is 0. The molecule has 0 aliphatic carbocycles. The minimum atomic E-state index is -0.548. The minimum Gasteiger partial charge on any atom is -0.493 e. The van der Waals surface area contributed by atoms with Gasteiger partial charge in [-0.3, -0.25) is 9.69 Å². The summed E-state index contributed by atoms with van der Waals surface area (Å²) in [6, 6.07) is 3.20. The minimum absolute atomic E-state index is 0.105. The highest BCUT2D eigenvalue weighted by Crippen LogP contribution is 2.46. The number of nitrogens with zero attached hydrogens (tertiary/aromatic N) is 1. The highest BCUT2D eigenvalue weighted by atomic mass is 16.6. The number of piperidine rings is 3. The van der Waals surface area contributed by atoms with Gasteiger partial charge in [0.25, 0.3) is 0 Å². The van der Waals surface area contributed by atoms with Gasteiger partial charge in [-0.2, -0.15) is 0 Å². The fraction of sp³-hybridized carbons (Fsp3) is 0.529. The maximum atomic E-state index is 12.7. The molecule has 0 aromatic heterocycles. The Bertz CT molecular complexity index is 678. The van der Waals surface area contributed by atoms with Crippen LogP contribution in [0.15, 0.2) is 12.1 Å². The number of ether oxygens (including phenoxy) is 3. The molecular formula is C17H19NO5. The molecule has 3 fully saturated rings. The van der Waals surface area contributed by atoms with Crippen LogP contribution in [0.25, 0.3) is 0 Å². The van der Waals surface area contributed by atoms with Crippen LogP contribution in [-0.2, 0) is 9.53 Å². The molecule has 0 saturated carbocycles. The van der Waals surface area contributed by atoms with Gasteiger partial charge in [-0.25, -0.2) is 4.79 Å². The molecule has 0 N–H and O–H groups in total. The lowest BCUT2D eigenvalue weighted by Gasteiger charge is -2.45. The van der Waals surface area contributed by atoms with Gasteiger partial charge >= 0.3 is 5.97 Å². The zero-order chi connectivity index (χ0) is 16.1. The molecule has 3 saturated heterocycles. The molecule has 4 aliphatic heterocycles. The molecule has 1 aromatic rings. The Hall–Kier alpha value is -2.08. The molecule has 0 spiro atoms. The van der Waals surface area contributed by atoms with E-state index < -0.39 is 12.1 Å². The second-order valence-electron chi connectivity index (χ2n) is 6.25. The van der Waals surface area contributed by atoms with E-state index in [1.807, 2.05) is 6.07 Å². The largest absolute Gasteiger partial charge is 0.493 e. The Morgan fingerprint density at radius 1 is 1.13 bits per heavy atom. The number of rotatable bonds is 3. The number of hydrogen-bond acceptors (Lipinski definition) is 6. The maximum Gasteiger partial charge on any atom is 0.343 e. The van der Waals surface area contributed by atoms with E-state index in [0.717, 1.165) is 31.5 Å². The summed E-state index contributed by atoms with van der Waals surface area (Å²) in [4.78, 5) is 27.2. The van der Waals surface area contributed by atoms with Crippen molar-refractivity contribution in [2.24, 2.45) is 5.92 Å². The van der Waals surface area contributed by atoms with Gasteiger partial charge in [-0.05, 0) is 32.0 Å². The lowest BCUT2D eigenvalue weighted by Crippen LogP contribution is -2.57. The van der Waals surface area contributed by atoms with Gasteiger partial charge in [0.05, 0.1) is 14.2 Å². The van der Waals surface area contributed by atoms with E-state index in [-0.39, 0.29) is 17.7 Å². The number of Topliss-reactive ketones (excluding diaryl/α,β-unsaturated/α-hetero) is 1. The zero-order valence-corrected chi connectivity index (χ0v) is 13.2. The van der Waals surface area contributed by atoms with Crippen LogP contribution in [-0.4, -0.2) is 50.0 Å². The molecule has 0 radical (unpaired) electrons. The average Bonchev–Trinajstić information content (AvgIpc) is 2.91. The van der Waals surface area contributed by atoms with Gasteiger partial charge in [0, 0.05) is 11.5 Å². The molecular weight excluding hydrogens is 298 g/mol. The molecule has 4 heterocycles. The molecule has 2 bridgehead atoms. The number of benzene rings is 1. The van der Waals surface area contributed by atoms with Crippen molar-refractivity contribution < 1.29 is 23.8 Å². The van der Waals surface area contributed by atoms with Crippen molar-refractivity contribution in [3.05, 3.63) is 23.3 Å². The third-order valence-electron chi connectivity index (χ3n) is 5.23. The van der Waals surface area contributed by atoms with Crippen LogP contribution < -0.4 is 9.47 Å². The third-order valence-corrected chi connectivity index (χ3v) is 5.23. The quantitative estimate of drug-likeness (QED) is 0.789. The number of cyclic esters (lactones) is 1. The molecule has 0 amide bonds. The van der Waals surface area contributed by atoms with Gasteiger partial charge < -0.3 is 14.2 Å². The summed E-state index contributed by atoms with van der Waals surface area (Å²) in [6.45, 7) is 1.77. The van der Waals surface area contributed by atoms with Crippen LogP contribution in [0, 0.1) is 5.92 Å². The number of esters is 1. The SMILES string of the molecule is COc1ccc2c(c1OC)C(=O)O[C@@H]2[C@@H]1C(=O)C2CCN1CC2. The fourth-order valence-corrected chi connectivity index (χ4v) is 4.09. The van der Waals surface area contributed by atoms with Gasteiger partial charge in [0.1, 0.15) is 11.6 Å². The number of carbonyl (C=O) groups is 2. The first-order valence-electron chi connectivity index (χ1n) is 7.89. The van der Waals surface area contributed by atoms with Crippen molar-refractivity contribution in [1.82, 2.24) is 4.90 Å². The summed E-state index contributed by atoms with van der Waals surface area (Å²) in [6.07, 6.45) is 1.27. The smallest absolute Gasteiger partial charge is 0.343 e. The second-order valence-corrected chi connectivity index (χ2v) is 6.25. The number of carbonyl (C=O) groups excluding carboxylic acids is 2. The van der Waals surface area contributed by atoms with E-state index in [0.29, 0.717) is 17.1 Å². The van der Waals surface area contributed by atoms with E-state index in [1.54, 1.807) is 6.07 Å². The summed E-state index contributed by atoms with van der Waals surface area (Å²) < 4.78 is 16.2. The van der Waals surface area contributed by atoms with E-state index in [1.165, 1.54) is 14.2 Å². The fourth-order valence-electron chi connectivity index (χ4n) is 4.09. The van der Waals surface area contributed by atoms with Crippen LogP contribution in [0.5, 0.6) is 11.5 Å². The molecule has 6 nitrogen and oxygen atoms in total. The average molecular weight is 317 g/mol. The van der Waals surface area contributed by atoms with Crippen molar-refractivity contribution in [1.29, 1.82) is 0 Å². The Morgan fingerprint density at radius 3 is 2.48 bits per heavy atom. The highest BCUT2D eigenvalue weighted by molar-refractivity contribution is 5.99. The predicted octanol–water partition coefficient (Wildman–Crippen LogP) is 1.58. The van der Waals surface area contributed by atoms with Crippen molar-refractivity contribution in [2.75, 3.05) is 27.3 Å². The number of methoxy groups -OCH3 is 2. The van der Waals surface area contributed by atoms with Gasteiger partial charge in [-0.15, -0.1) is 0 Å². The molecule has 23 heavy (non-hydrogen) atoms. The lowest BCUT2D eigenvalue weighted by atomic mass is 9.78. The van der Waals surface area contributed by atoms with E-state index in [4.69, 9.17) is 14.2 Å². The molecule has 122 valence electrons. The van der Waals surface area contributed by atoms with E-state index in [2.05, 4.69) is 4.90 Å². The van der Waals surface area contributed by atoms with Crippen LogP contribution in [0.2, 0.25) is 0 Å². The third kappa shape index (κ3) is 1.97. The van der Waals surface area contributed by atoms with Crippen molar-refractivity contribution in [2.45, 2.75) is 25.0 Å². The predicted molar refractivity (Wildman–Crippen MR) is 80.8 cm³/mol. The lowest BCUT2D eigenvalue weighted by molar-refractivity contribution is -0.143. The van der Waals surface area contributed by atoms with Crippen LogP contribution in [0.3, 0.4) is 0 Å². The standard InChI is InChI=1S/C17H19NO5/c1-21-11-4-3-10-12(16(11)22-2)17(20)23-15(10)13-14(19)9-5-7-18(13)8-6-9/h3-4,9,13,15H,5-8H2,1-2H3/t13-,15-/m0/s1. The van der Waals surface area contributed by atoms with Crippen LogP contribution in [0.1, 0.15) is 34.9 Å². The number of hydrogen-bond donors (Lipinski definition) is 0. The van der Waals surface area contributed by atoms with Crippen LogP contribution in [0.4, 0.5) is 0 Å². The molecule has 1 aromatic carbocycles. The normalized spacial score (nSPS) is 31.7. The Labute approximate surface area is 134 Å². The molecule has 6 heteroatoms. The molecule has 4 aliphatic rings. The van der Waals surface area contributed by atoms with Gasteiger partial charge in [0.15, 0.2) is 23.4 Å². The number of ketones is 1. The van der Waals surface area contributed by atoms with E-state index >= 15 is 0 Å². The first kappa shape index (κ1) is 14.5. The summed E-state index contributed by atoms with van der Waals surface area (Å²) >= 11 is 0.